The number of hydrogen-bond donors (Lipinski definition) is 1. The average molecular weight is 295 g/mol. The fraction of sp³-hybridized carbons (Fsp3) is 0.0833. The molecule has 0 aliphatic rings. The van der Waals surface area contributed by atoms with Crippen LogP contribution in [0.1, 0.15) is 22.5 Å². The maximum absolute atomic E-state index is 12.8. The summed E-state index contributed by atoms with van der Waals surface area (Å²) >= 11 is 0. The van der Waals surface area contributed by atoms with Crippen LogP contribution in [0.25, 0.3) is 11.4 Å². The van der Waals surface area contributed by atoms with Crippen LogP contribution < -0.4 is 0 Å². The summed E-state index contributed by atoms with van der Waals surface area (Å²) in [5, 5.41) is 19.5. The van der Waals surface area contributed by atoms with Gasteiger partial charge in [-0.15, -0.1) is 0 Å². The van der Waals surface area contributed by atoms with Crippen LogP contribution in [0, 0.1) is 10.1 Å². The van der Waals surface area contributed by atoms with E-state index in [1.165, 1.54) is 18.2 Å². The average Bonchev–Trinajstić information content (AvgIpc) is 2.46. The summed E-state index contributed by atoms with van der Waals surface area (Å²) in [5.74, 6) is -1.78. The normalized spacial score (nSPS) is 10.6. The molecule has 2 aromatic rings. The molecule has 0 saturated carbocycles. The molecule has 1 aromatic carbocycles. The Bertz CT molecular complexity index is 721. The van der Waals surface area contributed by atoms with Crippen LogP contribution in [0.3, 0.4) is 0 Å². The largest absolute Gasteiger partial charge is 0.478 e. The van der Waals surface area contributed by atoms with Gasteiger partial charge in [0.2, 0.25) is 0 Å². The molecule has 0 atom stereocenters. The van der Waals surface area contributed by atoms with Crippen molar-refractivity contribution in [2.75, 3.05) is 0 Å². The zero-order valence-electron chi connectivity index (χ0n) is 10.2. The van der Waals surface area contributed by atoms with Crippen molar-refractivity contribution >= 4 is 11.7 Å². The quantitative estimate of drug-likeness (QED) is 0.686. The van der Waals surface area contributed by atoms with Crippen molar-refractivity contribution in [3.63, 3.8) is 0 Å². The number of aromatic carboxylic acids is 1. The van der Waals surface area contributed by atoms with E-state index in [1.807, 2.05) is 0 Å². The Labute approximate surface area is 116 Å². The molecule has 9 heteroatoms. The van der Waals surface area contributed by atoms with Crippen molar-refractivity contribution in [2.45, 2.75) is 6.43 Å². The number of alkyl halides is 2. The van der Waals surface area contributed by atoms with Crippen LogP contribution in [0.5, 0.6) is 0 Å². The molecule has 0 radical (unpaired) electrons. The number of aromatic nitrogens is 2. The number of nitro benzene ring substituents is 1. The molecule has 1 N–H and O–H groups in total. The first-order valence-corrected chi connectivity index (χ1v) is 5.53. The summed E-state index contributed by atoms with van der Waals surface area (Å²) in [6, 6.07) is 5.09. The molecule has 0 spiro atoms. The lowest BCUT2D eigenvalue weighted by Gasteiger charge is -2.06. The lowest BCUT2D eigenvalue weighted by molar-refractivity contribution is -0.384. The zero-order valence-corrected chi connectivity index (χ0v) is 10.2. The molecule has 1 aromatic heterocycles. The minimum atomic E-state index is -3.10. The van der Waals surface area contributed by atoms with E-state index < -0.39 is 28.6 Å². The Hall–Kier alpha value is -2.97. The number of nitrogens with zero attached hydrogens (tertiary/aromatic N) is 3. The van der Waals surface area contributed by atoms with Crippen molar-refractivity contribution in [3.05, 3.63) is 51.8 Å². The summed E-state index contributed by atoms with van der Waals surface area (Å²) in [7, 11) is 0. The fourth-order valence-corrected chi connectivity index (χ4v) is 1.62. The third kappa shape index (κ3) is 2.96. The van der Waals surface area contributed by atoms with E-state index in [0.717, 1.165) is 12.3 Å². The van der Waals surface area contributed by atoms with Gasteiger partial charge in [-0.1, -0.05) is 12.1 Å². The Kier molecular flexibility index (Phi) is 3.83. The number of non-ortho nitro benzene ring substituents is 1. The lowest BCUT2D eigenvalue weighted by atomic mass is 10.1. The summed E-state index contributed by atoms with van der Waals surface area (Å²) in [6.07, 6.45) is -2.35. The van der Waals surface area contributed by atoms with Crippen molar-refractivity contribution in [2.24, 2.45) is 0 Å². The van der Waals surface area contributed by atoms with Gasteiger partial charge in [-0.2, -0.15) is 0 Å². The van der Waals surface area contributed by atoms with Crippen LogP contribution in [0.2, 0.25) is 0 Å². The highest BCUT2D eigenvalue weighted by molar-refractivity contribution is 5.88. The summed E-state index contributed by atoms with van der Waals surface area (Å²) in [4.78, 5) is 28.0. The first-order valence-electron chi connectivity index (χ1n) is 5.53. The van der Waals surface area contributed by atoms with Gasteiger partial charge in [0, 0.05) is 23.9 Å². The first kappa shape index (κ1) is 14.4. The molecule has 108 valence electrons. The van der Waals surface area contributed by atoms with Gasteiger partial charge in [-0.05, 0) is 0 Å². The molecule has 0 saturated heterocycles. The highest BCUT2D eigenvalue weighted by atomic mass is 19.3. The van der Waals surface area contributed by atoms with E-state index in [-0.39, 0.29) is 17.1 Å². The zero-order chi connectivity index (χ0) is 15.6. The maximum Gasteiger partial charge on any atom is 0.339 e. The number of rotatable bonds is 4. The predicted molar refractivity (Wildman–Crippen MR) is 66.0 cm³/mol. The van der Waals surface area contributed by atoms with E-state index in [2.05, 4.69) is 9.97 Å². The van der Waals surface area contributed by atoms with Crippen LogP contribution in [0.4, 0.5) is 14.5 Å². The minimum Gasteiger partial charge on any atom is -0.478 e. The first-order chi connectivity index (χ1) is 9.90. The monoisotopic (exact) mass is 295 g/mol. The lowest BCUT2D eigenvalue weighted by Crippen LogP contribution is -2.08. The Balaban J connectivity index is 2.55. The van der Waals surface area contributed by atoms with Crippen LogP contribution in [-0.4, -0.2) is 26.0 Å². The van der Waals surface area contributed by atoms with Gasteiger partial charge in [-0.25, -0.2) is 23.5 Å². The molecular formula is C12H7F2N3O4. The highest BCUT2D eigenvalue weighted by Gasteiger charge is 2.22. The van der Waals surface area contributed by atoms with Crippen molar-refractivity contribution in [1.82, 2.24) is 9.97 Å². The number of benzene rings is 1. The topological polar surface area (TPSA) is 106 Å². The van der Waals surface area contributed by atoms with Crippen LogP contribution in [0.15, 0.2) is 30.5 Å². The second-order valence-corrected chi connectivity index (χ2v) is 3.91. The second kappa shape index (κ2) is 5.57. The smallest absolute Gasteiger partial charge is 0.339 e. The molecule has 7 nitrogen and oxygen atoms in total. The summed E-state index contributed by atoms with van der Waals surface area (Å²) in [6.45, 7) is 0. The van der Waals surface area contributed by atoms with Gasteiger partial charge in [0.1, 0.15) is 11.3 Å². The number of halogens is 2. The second-order valence-electron chi connectivity index (χ2n) is 3.91. The molecule has 0 aliphatic heterocycles. The van der Waals surface area contributed by atoms with Gasteiger partial charge in [0.15, 0.2) is 5.82 Å². The third-order valence-corrected chi connectivity index (χ3v) is 2.57. The SMILES string of the molecule is O=C(O)c1cnc(-c2cccc([N+](=O)[O-])c2)nc1C(F)F. The molecular weight excluding hydrogens is 288 g/mol. The Morgan fingerprint density at radius 1 is 1.38 bits per heavy atom. The van der Waals surface area contributed by atoms with Gasteiger partial charge in [0.25, 0.3) is 12.1 Å². The number of hydrogen-bond acceptors (Lipinski definition) is 5. The number of nitro groups is 1. The minimum absolute atomic E-state index is 0.142. The Morgan fingerprint density at radius 3 is 2.67 bits per heavy atom. The standard InChI is InChI=1S/C12H7F2N3O4/c13-10(14)9-8(12(18)19)5-15-11(16-9)6-2-1-3-7(4-6)17(20)21/h1-5,10H,(H,18,19). The van der Waals surface area contributed by atoms with Crippen molar-refractivity contribution in [1.29, 1.82) is 0 Å². The Morgan fingerprint density at radius 2 is 2.10 bits per heavy atom. The molecule has 0 bridgehead atoms. The molecule has 2 rings (SSSR count). The van der Waals surface area contributed by atoms with Gasteiger partial charge < -0.3 is 5.11 Å². The number of carboxylic acid groups (broad SMARTS) is 1. The molecule has 0 amide bonds. The van der Waals surface area contributed by atoms with Crippen LogP contribution in [-0.2, 0) is 0 Å². The van der Waals surface area contributed by atoms with E-state index in [4.69, 9.17) is 5.11 Å². The fourth-order valence-electron chi connectivity index (χ4n) is 1.62. The van der Waals surface area contributed by atoms with E-state index >= 15 is 0 Å². The maximum atomic E-state index is 12.8. The third-order valence-electron chi connectivity index (χ3n) is 2.57. The van der Waals surface area contributed by atoms with Gasteiger partial charge in [-0.3, -0.25) is 10.1 Å². The summed E-state index contributed by atoms with van der Waals surface area (Å²) in [5.41, 5.74) is -1.75. The molecule has 0 aliphatic carbocycles. The number of carboxylic acids is 1. The predicted octanol–water partition coefficient (Wildman–Crippen LogP) is 2.69. The summed E-state index contributed by atoms with van der Waals surface area (Å²) < 4.78 is 25.7. The molecule has 0 fully saturated rings. The molecule has 0 unspecified atom stereocenters. The highest BCUT2D eigenvalue weighted by Crippen LogP contribution is 2.25. The molecule has 1 heterocycles. The van der Waals surface area contributed by atoms with E-state index in [9.17, 15) is 23.7 Å². The van der Waals surface area contributed by atoms with E-state index in [1.54, 1.807) is 0 Å². The molecule has 21 heavy (non-hydrogen) atoms. The van der Waals surface area contributed by atoms with E-state index in [0.29, 0.717) is 0 Å². The van der Waals surface area contributed by atoms with Crippen molar-refractivity contribution in [3.8, 4) is 11.4 Å². The van der Waals surface area contributed by atoms with Gasteiger partial charge in [0.05, 0.1) is 4.92 Å². The van der Waals surface area contributed by atoms with Gasteiger partial charge >= 0.3 is 5.97 Å². The van der Waals surface area contributed by atoms with Crippen molar-refractivity contribution < 1.29 is 23.6 Å². The number of carbonyl (C=O) groups is 1. The van der Waals surface area contributed by atoms with Crippen LogP contribution >= 0.6 is 0 Å².